The molecule has 1 N–H and O–H groups in total. The molecule has 1 aromatic rings. The monoisotopic (exact) mass is 261 g/mol. The van der Waals surface area contributed by atoms with E-state index in [9.17, 15) is 4.79 Å². The van der Waals surface area contributed by atoms with E-state index in [1.54, 1.807) is 17.0 Å². The molecule has 0 bridgehead atoms. The van der Waals surface area contributed by atoms with E-state index in [-0.39, 0.29) is 11.1 Å². The van der Waals surface area contributed by atoms with E-state index in [0.29, 0.717) is 5.82 Å². The van der Waals surface area contributed by atoms with E-state index >= 15 is 0 Å². The van der Waals surface area contributed by atoms with Crippen molar-refractivity contribution in [2.45, 2.75) is 52.0 Å². The van der Waals surface area contributed by atoms with Gasteiger partial charge in [-0.1, -0.05) is 11.6 Å². The zero-order valence-corrected chi connectivity index (χ0v) is 12.1. The summed E-state index contributed by atoms with van der Waals surface area (Å²) in [7, 11) is 0. The van der Waals surface area contributed by atoms with Crippen LogP contribution in [-0.2, 0) is 5.54 Å². The number of nitrogens with zero attached hydrogens (tertiary/aromatic N) is 2. The van der Waals surface area contributed by atoms with Gasteiger partial charge in [-0.3, -0.25) is 4.79 Å². The van der Waals surface area contributed by atoms with Crippen LogP contribution in [-0.4, -0.2) is 16.1 Å². The van der Waals surface area contributed by atoms with Gasteiger partial charge < -0.3 is 9.88 Å². The second-order valence-corrected chi connectivity index (χ2v) is 6.05. The summed E-state index contributed by atoms with van der Waals surface area (Å²) >= 11 is 0. The van der Waals surface area contributed by atoms with Crippen LogP contribution < -0.4 is 10.9 Å². The molecule has 0 aromatic carbocycles. The van der Waals surface area contributed by atoms with Crippen LogP contribution in [0.3, 0.4) is 0 Å². The highest BCUT2D eigenvalue weighted by Crippen LogP contribution is 2.20. The lowest BCUT2D eigenvalue weighted by Crippen LogP contribution is -2.35. The topological polar surface area (TPSA) is 46.9 Å². The summed E-state index contributed by atoms with van der Waals surface area (Å²) in [4.78, 5) is 16.4. The quantitative estimate of drug-likeness (QED) is 0.848. The summed E-state index contributed by atoms with van der Waals surface area (Å²) in [6.07, 6.45) is 10.4. The molecule has 0 saturated heterocycles. The predicted molar refractivity (Wildman–Crippen MR) is 78.5 cm³/mol. The smallest absolute Gasteiger partial charge is 0.293 e. The van der Waals surface area contributed by atoms with Gasteiger partial charge in [0.25, 0.3) is 5.56 Å². The highest BCUT2D eigenvalue weighted by atomic mass is 16.1. The normalized spacial score (nSPS) is 15.4. The fourth-order valence-corrected chi connectivity index (χ4v) is 2.37. The van der Waals surface area contributed by atoms with Crippen molar-refractivity contribution in [3.8, 4) is 0 Å². The van der Waals surface area contributed by atoms with E-state index < -0.39 is 0 Å². The molecule has 0 atom stereocenters. The molecule has 2 rings (SSSR count). The highest BCUT2D eigenvalue weighted by molar-refractivity contribution is 5.31. The van der Waals surface area contributed by atoms with Gasteiger partial charge in [-0.05, 0) is 46.5 Å². The number of anilines is 1. The van der Waals surface area contributed by atoms with Crippen molar-refractivity contribution in [3.63, 3.8) is 0 Å². The van der Waals surface area contributed by atoms with Crippen LogP contribution in [0.1, 0.15) is 46.5 Å². The number of allylic oxidation sites excluding steroid dienone is 1. The molecule has 0 fully saturated rings. The molecule has 0 amide bonds. The SMILES string of the molecule is CC(C)(C)n1ccnc(NCCC2=CCCC2)c1=O. The van der Waals surface area contributed by atoms with Crippen LogP contribution in [0.5, 0.6) is 0 Å². The van der Waals surface area contributed by atoms with Crippen molar-refractivity contribution in [2.75, 3.05) is 11.9 Å². The predicted octanol–water partition coefficient (Wildman–Crippen LogP) is 2.91. The largest absolute Gasteiger partial charge is 0.365 e. The van der Waals surface area contributed by atoms with Crippen molar-refractivity contribution in [3.05, 3.63) is 34.4 Å². The van der Waals surface area contributed by atoms with Gasteiger partial charge in [-0.2, -0.15) is 0 Å². The van der Waals surface area contributed by atoms with E-state index in [1.807, 2.05) is 20.8 Å². The Balaban J connectivity index is 2.02. The van der Waals surface area contributed by atoms with Gasteiger partial charge in [0, 0.05) is 24.5 Å². The maximum Gasteiger partial charge on any atom is 0.293 e. The number of hydrogen-bond acceptors (Lipinski definition) is 3. The second-order valence-electron chi connectivity index (χ2n) is 6.05. The third kappa shape index (κ3) is 3.46. The number of rotatable bonds is 4. The van der Waals surface area contributed by atoms with E-state index in [1.165, 1.54) is 24.8 Å². The molecule has 1 aromatic heterocycles. The van der Waals surface area contributed by atoms with Crippen LogP contribution in [0.2, 0.25) is 0 Å². The Bertz CT molecular complexity index is 523. The third-order valence-corrected chi connectivity index (χ3v) is 3.44. The van der Waals surface area contributed by atoms with Crippen LogP contribution in [0.4, 0.5) is 5.82 Å². The van der Waals surface area contributed by atoms with Crippen molar-refractivity contribution < 1.29 is 0 Å². The maximum atomic E-state index is 12.3. The van der Waals surface area contributed by atoms with Gasteiger partial charge >= 0.3 is 0 Å². The molecule has 1 aliphatic rings. The summed E-state index contributed by atoms with van der Waals surface area (Å²) in [5.41, 5.74) is 1.24. The Labute approximate surface area is 114 Å². The number of hydrogen-bond donors (Lipinski definition) is 1. The lowest BCUT2D eigenvalue weighted by atomic mass is 10.1. The van der Waals surface area contributed by atoms with Gasteiger partial charge in [0.15, 0.2) is 5.82 Å². The van der Waals surface area contributed by atoms with Crippen LogP contribution >= 0.6 is 0 Å². The third-order valence-electron chi connectivity index (χ3n) is 3.44. The minimum absolute atomic E-state index is 0.0459. The van der Waals surface area contributed by atoms with Gasteiger partial charge in [0.2, 0.25) is 0 Å². The lowest BCUT2D eigenvalue weighted by Gasteiger charge is -2.22. The first-order valence-corrected chi connectivity index (χ1v) is 6.98. The molecule has 1 aliphatic carbocycles. The molecule has 1 heterocycles. The van der Waals surface area contributed by atoms with Gasteiger partial charge in [-0.15, -0.1) is 0 Å². The van der Waals surface area contributed by atoms with Gasteiger partial charge in [0.05, 0.1) is 0 Å². The average Bonchev–Trinajstić information content (AvgIpc) is 2.83. The molecule has 19 heavy (non-hydrogen) atoms. The Morgan fingerprint density at radius 1 is 1.42 bits per heavy atom. The molecular weight excluding hydrogens is 238 g/mol. The van der Waals surface area contributed by atoms with Crippen LogP contribution in [0.15, 0.2) is 28.8 Å². The van der Waals surface area contributed by atoms with Crippen LogP contribution in [0.25, 0.3) is 0 Å². The Hall–Kier alpha value is -1.58. The maximum absolute atomic E-state index is 12.3. The first kappa shape index (κ1) is 13.8. The van der Waals surface area contributed by atoms with Crippen molar-refractivity contribution in [1.29, 1.82) is 0 Å². The van der Waals surface area contributed by atoms with Crippen molar-refractivity contribution in [2.24, 2.45) is 0 Å². The number of nitrogens with one attached hydrogen (secondary N) is 1. The molecule has 0 aliphatic heterocycles. The summed E-state index contributed by atoms with van der Waals surface area (Å²) < 4.78 is 1.72. The fraction of sp³-hybridized carbons (Fsp3) is 0.600. The van der Waals surface area contributed by atoms with Crippen molar-refractivity contribution in [1.82, 2.24) is 9.55 Å². The molecule has 104 valence electrons. The summed E-state index contributed by atoms with van der Waals surface area (Å²) in [5.74, 6) is 0.455. The lowest BCUT2D eigenvalue weighted by molar-refractivity contribution is 0.383. The minimum atomic E-state index is -0.218. The molecule has 0 spiro atoms. The Morgan fingerprint density at radius 2 is 2.21 bits per heavy atom. The summed E-state index contributed by atoms with van der Waals surface area (Å²) in [6, 6.07) is 0. The Kier molecular flexibility index (Phi) is 4.08. The second kappa shape index (κ2) is 5.59. The van der Waals surface area contributed by atoms with E-state index in [2.05, 4.69) is 16.4 Å². The van der Waals surface area contributed by atoms with Gasteiger partial charge in [-0.25, -0.2) is 4.98 Å². The molecule has 0 unspecified atom stereocenters. The molecular formula is C15H23N3O. The first-order valence-electron chi connectivity index (χ1n) is 6.98. The molecule has 4 nitrogen and oxygen atoms in total. The zero-order chi connectivity index (χ0) is 13.9. The molecule has 0 saturated carbocycles. The fourth-order valence-electron chi connectivity index (χ4n) is 2.37. The first-order chi connectivity index (χ1) is 8.98. The summed E-state index contributed by atoms with van der Waals surface area (Å²) in [5, 5.41) is 3.17. The van der Waals surface area contributed by atoms with E-state index in [0.717, 1.165) is 13.0 Å². The van der Waals surface area contributed by atoms with Crippen molar-refractivity contribution >= 4 is 5.82 Å². The minimum Gasteiger partial charge on any atom is -0.365 e. The van der Waals surface area contributed by atoms with E-state index in [4.69, 9.17) is 0 Å². The van der Waals surface area contributed by atoms with Gasteiger partial charge in [0.1, 0.15) is 0 Å². The standard InChI is InChI=1S/C15H23N3O/c1-15(2,3)18-11-10-17-13(14(18)19)16-9-8-12-6-4-5-7-12/h6,10-11H,4-5,7-9H2,1-3H3,(H,16,17). The molecule has 0 radical (unpaired) electrons. The zero-order valence-electron chi connectivity index (χ0n) is 12.1. The molecule has 4 heteroatoms. The average molecular weight is 261 g/mol. The number of aromatic nitrogens is 2. The highest BCUT2D eigenvalue weighted by Gasteiger charge is 2.16. The Morgan fingerprint density at radius 3 is 2.84 bits per heavy atom. The van der Waals surface area contributed by atoms with Crippen LogP contribution in [0, 0.1) is 0 Å². The summed E-state index contributed by atoms with van der Waals surface area (Å²) in [6.45, 7) is 6.83.